The van der Waals surface area contributed by atoms with Crippen molar-refractivity contribution in [1.82, 2.24) is 4.90 Å². The Kier molecular flexibility index (Phi) is 5.77. The molecule has 92 valence electrons. The Bertz CT molecular complexity index is 267. The van der Waals surface area contributed by atoms with E-state index in [1.54, 1.807) is 20.8 Å². The third kappa shape index (κ3) is 8.84. The predicted molar refractivity (Wildman–Crippen MR) is 62.7 cm³/mol. The lowest BCUT2D eigenvalue weighted by molar-refractivity contribution is 0.0448. The third-order valence-electron chi connectivity index (χ3n) is 2.09. The number of hydrogen-bond donors (Lipinski definition) is 1. The van der Waals surface area contributed by atoms with Gasteiger partial charge in [-0.25, -0.2) is 8.42 Å². The molecule has 0 aliphatic carbocycles. The van der Waals surface area contributed by atoms with E-state index in [0.29, 0.717) is 19.5 Å². The van der Waals surface area contributed by atoms with Crippen LogP contribution in [0.5, 0.6) is 0 Å². The molecule has 15 heavy (non-hydrogen) atoms. The van der Waals surface area contributed by atoms with Crippen molar-refractivity contribution in [2.24, 2.45) is 0 Å². The van der Waals surface area contributed by atoms with Crippen LogP contribution in [-0.2, 0) is 9.84 Å². The average Bonchev–Trinajstić information content (AvgIpc) is 2.00. The second-order valence-electron chi connectivity index (χ2n) is 4.64. The van der Waals surface area contributed by atoms with E-state index in [9.17, 15) is 13.5 Å². The van der Waals surface area contributed by atoms with Gasteiger partial charge >= 0.3 is 0 Å². The van der Waals surface area contributed by atoms with Crippen molar-refractivity contribution in [3.63, 3.8) is 0 Å². The average molecular weight is 237 g/mol. The highest BCUT2D eigenvalue weighted by atomic mass is 32.2. The van der Waals surface area contributed by atoms with E-state index in [4.69, 9.17) is 0 Å². The normalized spacial score (nSPS) is 13.5. The first-order valence-corrected chi connectivity index (χ1v) is 7.10. The summed E-state index contributed by atoms with van der Waals surface area (Å²) < 4.78 is 22.4. The van der Waals surface area contributed by atoms with Gasteiger partial charge in [0.25, 0.3) is 0 Å². The zero-order valence-corrected chi connectivity index (χ0v) is 11.0. The molecule has 0 aromatic carbocycles. The molecule has 0 heterocycles. The van der Waals surface area contributed by atoms with Gasteiger partial charge in [-0.05, 0) is 33.9 Å². The van der Waals surface area contributed by atoms with E-state index in [-0.39, 0.29) is 11.5 Å². The fourth-order valence-electron chi connectivity index (χ4n) is 1.44. The first-order chi connectivity index (χ1) is 6.66. The second-order valence-corrected chi connectivity index (χ2v) is 7.11. The summed E-state index contributed by atoms with van der Waals surface area (Å²) in [5, 5.41) is 9.53. The largest absolute Gasteiger partial charge is 0.389 e. The van der Waals surface area contributed by atoms with Crippen molar-refractivity contribution < 1.29 is 13.5 Å². The van der Waals surface area contributed by atoms with Gasteiger partial charge in [-0.1, -0.05) is 6.92 Å². The summed E-state index contributed by atoms with van der Waals surface area (Å²) in [4.78, 5) is 1.95. The van der Waals surface area contributed by atoms with E-state index >= 15 is 0 Å². The van der Waals surface area contributed by atoms with E-state index < -0.39 is 15.4 Å². The lowest BCUT2D eigenvalue weighted by atomic mass is 10.1. The molecule has 0 fully saturated rings. The number of likely N-dealkylation sites (N-methyl/N-ethyl adjacent to an activating group) is 1. The van der Waals surface area contributed by atoms with E-state index in [0.717, 1.165) is 0 Å². The Hall–Kier alpha value is -0.130. The summed E-state index contributed by atoms with van der Waals surface area (Å²) >= 11 is 0. The molecule has 0 aliphatic heterocycles. The minimum Gasteiger partial charge on any atom is -0.389 e. The molecule has 0 unspecified atom stereocenters. The molecule has 5 heteroatoms. The quantitative estimate of drug-likeness (QED) is 0.701. The summed E-state index contributed by atoms with van der Waals surface area (Å²) in [5.41, 5.74) is -0.724. The Balaban J connectivity index is 3.79. The fraction of sp³-hybridized carbons (Fsp3) is 1.00. The Morgan fingerprint density at radius 3 is 2.27 bits per heavy atom. The molecular formula is C10H23NO3S. The molecule has 0 aliphatic rings. The fourth-order valence-corrected chi connectivity index (χ4v) is 2.30. The van der Waals surface area contributed by atoms with E-state index in [1.165, 1.54) is 0 Å². The summed E-state index contributed by atoms with van der Waals surface area (Å²) in [6, 6.07) is 0. The van der Waals surface area contributed by atoms with E-state index in [1.807, 2.05) is 11.9 Å². The molecule has 0 aromatic rings. The van der Waals surface area contributed by atoms with Crippen LogP contribution in [0.3, 0.4) is 0 Å². The van der Waals surface area contributed by atoms with E-state index in [2.05, 4.69) is 0 Å². The Morgan fingerprint density at radius 1 is 1.33 bits per heavy atom. The smallest absolute Gasteiger partial charge is 0.150 e. The minimum atomic E-state index is -2.85. The number of aliphatic hydroxyl groups is 1. The SMILES string of the molecule is CCS(=O)(=O)CCCN(C)CC(C)(C)O. The monoisotopic (exact) mass is 237 g/mol. The molecule has 0 aromatic heterocycles. The lowest BCUT2D eigenvalue weighted by Crippen LogP contribution is -2.37. The lowest BCUT2D eigenvalue weighted by Gasteiger charge is -2.25. The molecule has 0 spiro atoms. The molecule has 0 radical (unpaired) electrons. The van der Waals surface area contributed by atoms with Crippen LogP contribution >= 0.6 is 0 Å². The second kappa shape index (κ2) is 5.82. The van der Waals surface area contributed by atoms with Crippen molar-refractivity contribution in [1.29, 1.82) is 0 Å². The zero-order chi connectivity index (χ0) is 12.1. The van der Waals surface area contributed by atoms with Gasteiger partial charge < -0.3 is 10.0 Å². The third-order valence-corrected chi connectivity index (χ3v) is 3.88. The van der Waals surface area contributed by atoms with Gasteiger partial charge in [0.2, 0.25) is 0 Å². The summed E-state index contributed by atoms with van der Waals surface area (Å²) in [6.45, 7) is 6.40. The molecular weight excluding hydrogens is 214 g/mol. The Labute approximate surface area is 93.2 Å². The van der Waals surface area contributed by atoms with Crippen molar-refractivity contribution in [2.45, 2.75) is 32.8 Å². The number of rotatable bonds is 7. The number of hydrogen-bond acceptors (Lipinski definition) is 4. The van der Waals surface area contributed by atoms with Gasteiger partial charge in [0.1, 0.15) is 9.84 Å². The molecule has 0 amide bonds. The molecule has 0 atom stereocenters. The predicted octanol–water partition coefficient (Wildman–Crippen LogP) is 0.514. The van der Waals surface area contributed by atoms with Gasteiger partial charge in [0, 0.05) is 12.3 Å². The van der Waals surface area contributed by atoms with Crippen LogP contribution in [0.1, 0.15) is 27.2 Å². The molecule has 0 bridgehead atoms. The van der Waals surface area contributed by atoms with Crippen LogP contribution in [0.25, 0.3) is 0 Å². The van der Waals surface area contributed by atoms with Gasteiger partial charge in [-0.15, -0.1) is 0 Å². The van der Waals surface area contributed by atoms with Gasteiger partial charge in [-0.3, -0.25) is 0 Å². The summed E-state index contributed by atoms with van der Waals surface area (Å²) in [6.07, 6.45) is 0.628. The topological polar surface area (TPSA) is 57.6 Å². The van der Waals surface area contributed by atoms with Crippen LogP contribution in [0.4, 0.5) is 0 Å². The van der Waals surface area contributed by atoms with Crippen LogP contribution < -0.4 is 0 Å². The van der Waals surface area contributed by atoms with Crippen molar-refractivity contribution in [3.05, 3.63) is 0 Å². The molecule has 0 rings (SSSR count). The highest BCUT2D eigenvalue weighted by Crippen LogP contribution is 2.04. The van der Waals surface area contributed by atoms with Crippen LogP contribution in [-0.4, -0.2) is 55.7 Å². The molecule has 1 N–H and O–H groups in total. The van der Waals surface area contributed by atoms with Gasteiger partial charge in [0.15, 0.2) is 0 Å². The zero-order valence-electron chi connectivity index (χ0n) is 10.2. The van der Waals surface area contributed by atoms with Gasteiger partial charge in [0.05, 0.1) is 11.4 Å². The molecule has 0 saturated heterocycles. The highest BCUT2D eigenvalue weighted by molar-refractivity contribution is 7.91. The van der Waals surface area contributed by atoms with Crippen LogP contribution in [0.15, 0.2) is 0 Å². The maximum atomic E-state index is 11.2. The van der Waals surface area contributed by atoms with Crippen molar-refractivity contribution in [3.8, 4) is 0 Å². The number of sulfone groups is 1. The summed E-state index contributed by atoms with van der Waals surface area (Å²) in [5.74, 6) is 0.446. The first-order valence-electron chi connectivity index (χ1n) is 5.27. The minimum absolute atomic E-state index is 0.211. The number of nitrogens with zero attached hydrogens (tertiary/aromatic N) is 1. The maximum absolute atomic E-state index is 11.2. The molecule has 0 saturated carbocycles. The summed E-state index contributed by atoms with van der Waals surface area (Å²) in [7, 11) is -0.963. The first kappa shape index (κ1) is 14.9. The standard InChI is InChI=1S/C10H23NO3S/c1-5-15(13,14)8-6-7-11(4)9-10(2,3)12/h12H,5-9H2,1-4H3. The Morgan fingerprint density at radius 2 is 1.87 bits per heavy atom. The van der Waals surface area contributed by atoms with Crippen molar-refractivity contribution in [2.75, 3.05) is 31.6 Å². The highest BCUT2D eigenvalue weighted by Gasteiger charge is 2.15. The molecule has 4 nitrogen and oxygen atoms in total. The van der Waals surface area contributed by atoms with Gasteiger partial charge in [-0.2, -0.15) is 0 Å². The van der Waals surface area contributed by atoms with Crippen LogP contribution in [0.2, 0.25) is 0 Å². The maximum Gasteiger partial charge on any atom is 0.150 e. The van der Waals surface area contributed by atoms with Crippen molar-refractivity contribution >= 4 is 9.84 Å². The van der Waals surface area contributed by atoms with Crippen LogP contribution in [0, 0.1) is 0 Å².